The lowest BCUT2D eigenvalue weighted by atomic mass is 9.92. The van der Waals surface area contributed by atoms with Crippen molar-refractivity contribution in [3.63, 3.8) is 0 Å². The van der Waals surface area contributed by atoms with Crippen LogP contribution in [0.3, 0.4) is 0 Å². The minimum Gasteiger partial charge on any atom is -0.508 e. The Hall–Kier alpha value is -1.96. The quantitative estimate of drug-likeness (QED) is 0.855. The van der Waals surface area contributed by atoms with Gasteiger partial charge >= 0.3 is 0 Å². The highest BCUT2D eigenvalue weighted by molar-refractivity contribution is 5.51. The summed E-state index contributed by atoms with van der Waals surface area (Å²) >= 11 is 0. The Morgan fingerprint density at radius 3 is 1.42 bits per heavy atom. The summed E-state index contributed by atoms with van der Waals surface area (Å²) in [5.74, 6) is 0.590. The van der Waals surface area contributed by atoms with E-state index in [1.807, 2.05) is 39.8 Å². The van der Waals surface area contributed by atoms with E-state index in [0.717, 1.165) is 33.4 Å². The molecule has 0 atom stereocenters. The van der Waals surface area contributed by atoms with Crippen LogP contribution in [-0.2, 0) is 6.42 Å². The number of rotatable bonds is 2. The van der Waals surface area contributed by atoms with Gasteiger partial charge in [-0.1, -0.05) is 12.1 Å². The SMILES string of the molecule is Cc1ccc(O)c(Cc2c(O)ccc(C)c2C)c1C. The third-order valence-electron chi connectivity index (χ3n) is 4.04. The zero-order chi connectivity index (χ0) is 14.2. The van der Waals surface area contributed by atoms with Gasteiger partial charge in [-0.2, -0.15) is 0 Å². The van der Waals surface area contributed by atoms with Crippen LogP contribution in [0.25, 0.3) is 0 Å². The van der Waals surface area contributed by atoms with Gasteiger partial charge in [0.1, 0.15) is 11.5 Å². The fourth-order valence-corrected chi connectivity index (χ4v) is 2.34. The summed E-state index contributed by atoms with van der Waals surface area (Å²) in [5, 5.41) is 20.1. The largest absolute Gasteiger partial charge is 0.508 e. The molecule has 0 amide bonds. The van der Waals surface area contributed by atoms with Gasteiger partial charge in [-0.3, -0.25) is 0 Å². The fraction of sp³-hybridized carbons (Fsp3) is 0.294. The van der Waals surface area contributed by atoms with Crippen molar-refractivity contribution in [2.75, 3.05) is 0 Å². The molecular formula is C17H20O2. The molecule has 0 bridgehead atoms. The molecule has 2 aromatic rings. The zero-order valence-electron chi connectivity index (χ0n) is 11.9. The monoisotopic (exact) mass is 256 g/mol. The number of hydrogen-bond donors (Lipinski definition) is 2. The molecule has 19 heavy (non-hydrogen) atoms. The molecule has 0 fully saturated rings. The van der Waals surface area contributed by atoms with Gasteiger partial charge in [-0.25, -0.2) is 0 Å². The van der Waals surface area contributed by atoms with Crippen LogP contribution in [0.2, 0.25) is 0 Å². The molecule has 0 aliphatic rings. The summed E-state index contributed by atoms with van der Waals surface area (Å²) in [6, 6.07) is 7.27. The minimum absolute atomic E-state index is 0.295. The van der Waals surface area contributed by atoms with Crippen LogP contribution in [0.4, 0.5) is 0 Å². The van der Waals surface area contributed by atoms with Crippen LogP contribution in [0, 0.1) is 27.7 Å². The Bertz CT molecular complexity index is 572. The van der Waals surface area contributed by atoms with Gasteiger partial charge < -0.3 is 10.2 Å². The first-order valence-corrected chi connectivity index (χ1v) is 6.48. The number of benzene rings is 2. The highest BCUT2D eigenvalue weighted by atomic mass is 16.3. The molecule has 0 heterocycles. The van der Waals surface area contributed by atoms with Crippen molar-refractivity contribution in [1.82, 2.24) is 0 Å². The molecule has 2 nitrogen and oxygen atoms in total. The van der Waals surface area contributed by atoms with Gasteiger partial charge in [0.05, 0.1) is 0 Å². The Balaban J connectivity index is 2.54. The van der Waals surface area contributed by atoms with Crippen molar-refractivity contribution in [2.24, 2.45) is 0 Å². The van der Waals surface area contributed by atoms with E-state index in [1.165, 1.54) is 0 Å². The van der Waals surface area contributed by atoms with Crippen LogP contribution in [-0.4, -0.2) is 10.2 Å². The van der Waals surface area contributed by atoms with E-state index in [0.29, 0.717) is 17.9 Å². The van der Waals surface area contributed by atoms with Crippen LogP contribution in [0.1, 0.15) is 33.4 Å². The number of hydrogen-bond acceptors (Lipinski definition) is 2. The van der Waals surface area contributed by atoms with E-state index in [4.69, 9.17) is 0 Å². The Labute approximate surface area is 114 Å². The Morgan fingerprint density at radius 2 is 1.05 bits per heavy atom. The summed E-state index contributed by atoms with van der Waals surface area (Å²) < 4.78 is 0. The number of aryl methyl sites for hydroxylation is 2. The summed E-state index contributed by atoms with van der Waals surface area (Å²) in [6.45, 7) is 8.07. The molecule has 2 aromatic carbocycles. The summed E-state index contributed by atoms with van der Waals surface area (Å²) in [5.41, 5.74) is 6.25. The van der Waals surface area contributed by atoms with Crippen LogP contribution >= 0.6 is 0 Å². The van der Waals surface area contributed by atoms with Gasteiger partial charge in [-0.15, -0.1) is 0 Å². The first-order chi connectivity index (χ1) is 8.91. The lowest BCUT2D eigenvalue weighted by Crippen LogP contribution is -1.99. The molecule has 0 radical (unpaired) electrons. The van der Waals surface area contributed by atoms with Crippen LogP contribution in [0.5, 0.6) is 11.5 Å². The highest BCUT2D eigenvalue weighted by Crippen LogP contribution is 2.31. The molecular weight excluding hydrogens is 236 g/mol. The van der Waals surface area contributed by atoms with Crippen LogP contribution < -0.4 is 0 Å². The molecule has 2 N–H and O–H groups in total. The van der Waals surface area contributed by atoms with E-state index in [9.17, 15) is 10.2 Å². The molecule has 0 aromatic heterocycles. The Morgan fingerprint density at radius 1 is 0.684 bits per heavy atom. The second kappa shape index (κ2) is 4.96. The van der Waals surface area contributed by atoms with Crippen molar-refractivity contribution in [2.45, 2.75) is 34.1 Å². The first kappa shape index (κ1) is 13.5. The molecule has 0 aliphatic carbocycles. The van der Waals surface area contributed by atoms with E-state index in [-0.39, 0.29) is 0 Å². The predicted molar refractivity (Wildman–Crippen MR) is 78.0 cm³/mol. The number of phenolic OH excluding ortho intramolecular Hbond substituents is 2. The molecule has 0 unspecified atom stereocenters. The van der Waals surface area contributed by atoms with Gasteiger partial charge in [0, 0.05) is 17.5 Å². The number of aromatic hydroxyl groups is 2. The van der Waals surface area contributed by atoms with E-state index in [1.54, 1.807) is 12.1 Å². The van der Waals surface area contributed by atoms with Gasteiger partial charge in [0.2, 0.25) is 0 Å². The van der Waals surface area contributed by atoms with Gasteiger partial charge in [-0.05, 0) is 62.1 Å². The summed E-state index contributed by atoms with van der Waals surface area (Å²) in [7, 11) is 0. The smallest absolute Gasteiger partial charge is 0.119 e. The van der Waals surface area contributed by atoms with Crippen molar-refractivity contribution in [3.8, 4) is 11.5 Å². The van der Waals surface area contributed by atoms with E-state index >= 15 is 0 Å². The molecule has 2 rings (SSSR count). The standard InChI is InChI=1S/C17H20O2/c1-10-5-7-16(18)14(12(10)3)9-15-13(4)11(2)6-8-17(15)19/h5-8,18-19H,9H2,1-4H3. The van der Waals surface area contributed by atoms with Crippen molar-refractivity contribution >= 4 is 0 Å². The van der Waals surface area contributed by atoms with Crippen LogP contribution in [0.15, 0.2) is 24.3 Å². The lowest BCUT2D eigenvalue weighted by Gasteiger charge is -2.15. The topological polar surface area (TPSA) is 40.5 Å². The molecule has 100 valence electrons. The van der Waals surface area contributed by atoms with Crippen molar-refractivity contribution in [3.05, 3.63) is 57.6 Å². The average Bonchev–Trinajstić information content (AvgIpc) is 2.38. The first-order valence-electron chi connectivity index (χ1n) is 6.48. The highest BCUT2D eigenvalue weighted by Gasteiger charge is 2.13. The van der Waals surface area contributed by atoms with Gasteiger partial charge in [0.15, 0.2) is 0 Å². The summed E-state index contributed by atoms with van der Waals surface area (Å²) in [6.07, 6.45) is 0.554. The Kier molecular flexibility index (Phi) is 3.52. The maximum absolute atomic E-state index is 10.0. The zero-order valence-corrected chi connectivity index (χ0v) is 11.9. The maximum Gasteiger partial charge on any atom is 0.119 e. The fourth-order valence-electron chi connectivity index (χ4n) is 2.34. The second-order valence-electron chi connectivity index (χ2n) is 5.19. The molecule has 0 saturated heterocycles. The third-order valence-corrected chi connectivity index (χ3v) is 4.04. The lowest BCUT2D eigenvalue weighted by molar-refractivity contribution is 0.461. The molecule has 0 saturated carbocycles. The second-order valence-corrected chi connectivity index (χ2v) is 5.19. The van der Waals surface area contributed by atoms with Crippen molar-refractivity contribution in [1.29, 1.82) is 0 Å². The molecule has 0 spiro atoms. The normalized spacial score (nSPS) is 10.7. The van der Waals surface area contributed by atoms with Gasteiger partial charge in [0.25, 0.3) is 0 Å². The van der Waals surface area contributed by atoms with E-state index < -0.39 is 0 Å². The average molecular weight is 256 g/mol. The predicted octanol–water partition coefficient (Wildman–Crippen LogP) is 3.92. The molecule has 2 heteroatoms. The van der Waals surface area contributed by atoms with E-state index in [2.05, 4.69) is 0 Å². The maximum atomic E-state index is 10.0. The summed E-state index contributed by atoms with van der Waals surface area (Å²) in [4.78, 5) is 0. The van der Waals surface area contributed by atoms with Crippen molar-refractivity contribution < 1.29 is 10.2 Å². The minimum atomic E-state index is 0.295. The third kappa shape index (κ3) is 2.43. The number of phenols is 2. The molecule has 0 aliphatic heterocycles.